The molecule has 444 valence electrons. The number of carboxylic acids is 3. The van der Waals surface area contributed by atoms with Gasteiger partial charge < -0.3 is 65.9 Å². The minimum absolute atomic E-state index is 0.0505. The average Bonchev–Trinajstić information content (AvgIpc) is 3.37. The van der Waals surface area contributed by atoms with Crippen LogP contribution in [0.25, 0.3) is 0 Å². The Morgan fingerprint density at radius 3 is 0.937 bits per heavy atom. The van der Waals surface area contributed by atoms with E-state index < -0.39 is 69.2 Å². The van der Waals surface area contributed by atoms with Gasteiger partial charge in [0.25, 0.3) is 0 Å². The molecule has 3 heterocycles. The van der Waals surface area contributed by atoms with Crippen LogP contribution in [0.4, 0.5) is 14.4 Å². The van der Waals surface area contributed by atoms with E-state index in [9.17, 15) is 44.1 Å². The van der Waals surface area contributed by atoms with Crippen LogP contribution >= 0.6 is 0 Å². The normalized spacial score (nSPS) is 20.8. The van der Waals surface area contributed by atoms with Crippen molar-refractivity contribution in [3.63, 3.8) is 0 Å². The van der Waals surface area contributed by atoms with Gasteiger partial charge in [0.1, 0.15) is 16.8 Å². The number of aliphatic hydroxyl groups is 2. The van der Waals surface area contributed by atoms with Crippen molar-refractivity contribution in [2.75, 3.05) is 52.5 Å². The number of carbonyl (C=O) groups is 6. The largest absolute Gasteiger partial charge is 0.481 e. The van der Waals surface area contributed by atoms with Crippen molar-refractivity contribution in [2.24, 2.45) is 27.7 Å². The Morgan fingerprint density at radius 2 is 0.747 bits per heavy atom. The lowest BCUT2D eigenvalue weighted by Crippen LogP contribution is -2.50. The van der Waals surface area contributed by atoms with Crippen molar-refractivity contribution in [3.8, 4) is 0 Å². The molecule has 19 nitrogen and oxygen atoms in total. The molecule has 5 atom stereocenters. The van der Waals surface area contributed by atoms with Gasteiger partial charge in [-0.1, -0.05) is 78.9 Å². The van der Waals surface area contributed by atoms with Crippen LogP contribution in [0.3, 0.4) is 0 Å². The molecule has 19 heteroatoms. The molecule has 3 aliphatic rings. The smallest absolute Gasteiger partial charge is 0.410 e. The number of benzene rings is 2. The number of nitrogens with two attached hydrogens (primary N) is 2. The van der Waals surface area contributed by atoms with E-state index in [1.54, 1.807) is 80.5 Å². The monoisotopic (exact) mass is 1110 g/mol. The summed E-state index contributed by atoms with van der Waals surface area (Å²) in [7, 11) is 0. The first-order chi connectivity index (χ1) is 36.8. The molecular formula is C60H95N5O14. The SMILES string of the molecule is C=CCC1(C(=O)O)CCCN(C(=O)OC(C)(C)C)C1.C=CCC1(C(=O)O)CCCN(C(=O)OC(C)(C)C)C1.C=CCC1(C(=O)O)CCCN(C(=O)OC(C)(C)C)C1.N[C@H](CO)Cc1ccccc1.N[C@H](CO)Cc1ccccc1. The van der Waals surface area contributed by atoms with E-state index in [1.165, 1.54) is 25.8 Å². The van der Waals surface area contributed by atoms with Gasteiger partial charge >= 0.3 is 36.2 Å². The molecule has 0 bridgehead atoms. The molecule has 3 saturated heterocycles. The number of rotatable bonds is 15. The summed E-state index contributed by atoms with van der Waals surface area (Å²) in [5, 5.41) is 45.6. The summed E-state index contributed by atoms with van der Waals surface area (Å²) in [4.78, 5) is 75.0. The van der Waals surface area contributed by atoms with Gasteiger partial charge in [-0.3, -0.25) is 14.4 Å². The molecule has 0 radical (unpaired) electrons. The Balaban J connectivity index is 0.000000503. The van der Waals surface area contributed by atoms with Gasteiger partial charge in [0.2, 0.25) is 0 Å². The highest BCUT2D eigenvalue weighted by Crippen LogP contribution is 2.37. The van der Waals surface area contributed by atoms with Gasteiger partial charge in [0.05, 0.1) is 29.5 Å². The summed E-state index contributed by atoms with van der Waals surface area (Å²) in [6, 6.07) is 19.6. The number of aliphatic hydroxyl groups excluding tert-OH is 2. The minimum atomic E-state index is -0.920. The van der Waals surface area contributed by atoms with E-state index in [4.69, 9.17) is 35.9 Å². The summed E-state index contributed by atoms with van der Waals surface area (Å²) in [5.41, 5.74) is 8.99. The number of hydrogen-bond acceptors (Lipinski definition) is 13. The fourth-order valence-electron chi connectivity index (χ4n) is 8.92. The third-order valence-electron chi connectivity index (χ3n) is 12.8. The number of likely N-dealkylation sites (tertiary alicyclic amines) is 3. The van der Waals surface area contributed by atoms with Crippen LogP contribution in [0, 0.1) is 16.2 Å². The third-order valence-corrected chi connectivity index (χ3v) is 12.8. The van der Waals surface area contributed by atoms with Gasteiger partial charge in [-0.05, 0) is 144 Å². The summed E-state index contributed by atoms with van der Waals surface area (Å²) in [6.07, 6.45) is 9.75. The van der Waals surface area contributed by atoms with Crippen molar-refractivity contribution < 1.29 is 68.5 Å². The fraction of sp³-hybridized carbons (Fsp3) is 0.600. The Bertz CT molecular complexity index is 2010. The maximum Gasteiger partial charge on any atom is 0.410 e. The molecule has 2 aromatic rings. The molecule has 3 unspecified atom stereocenters. The molecule has 0 spiro atoms. The maximum atomic E-state index is 12.0. The zero-order valence-electron chi connectivity index (χ0n) is 48.6. The zero-order chi connectivity index (χ0) is 60.3. The summed E-state index contributed by atoms with van der Waals surface area (Å²) in [5.74, 6) is -2.62. The summed E-state index contributed by atoms with van der Waals surface area (Å²) < 4.78 is 15.9. The summed E-state index contributed by atoms with van der Waals surface area (Å²) >= 11 is 0. The first-order valence-corrected chi connectivity index (χ1v) is 27.0. The van der Waals surface area contributed by atoms with Crippen LogP contribution in [-0.2, 0) is 41.4 Å². The van der Waals surface area contributed by atoms with E-state index in [0.29, 0.717) is 77.4 Å². The standard InChI is InChI=1S/3C14H23NO4.2C9H13NO/c3*1-5-7-14(11(16)17)8-6-9-15(10-14)12(18)19-13(2,3)4;2*10-9(7-11)6-8-4-2-1-3-5-8/h3*5H,1,6-10H2,2-4H3,(H,16,17);2*1-5,9,11H,6-7,10H2/t;;;2*9-/m...00/s1. The molecule has 3 amide bonds. The number of piperidine rings is 3. The first-order valence-electron chi connectivity index (χ1n) is 27.0. The minimum Gasteiger partial charge on any atom is -0.481 e. The van der Waals surface area contributed by atoms with E-state index in [2.05, 4.69) is 19.7 Å². The molecule has 79 heavy (non-hydrogen) atoms. The number of carbonyl (C=O) groups excluding carboxylic acids is 3. The zero-order valence-corrected chi connectivity index (χ0v) is 48.6. The molecule has 3 aliphatic heterocycles. The molecule has 3 fully saturated rings. The van der Waals surface area contributed by atoms with Crippen LogP contribution in [0.1, 0.15) is 131 Å². The topological polar surface area (TPSA) is 293 Å². The number of aliphatic carboxylic acids is 3. The number of carboxylic acid groups (broad SMARTS) is 3. The maximum absolute atomic E-state index is 12.0. The van der Waals surface area contributed by atoms with E-state index in [-0.39, 0.29) is 44.9 Å². The summed E-state index contributed by atoms with van der Waals surface area (Å²) in [6.45, 7) is 29.3. The molecule has 0 aromatic heterocycles. The Kier molecular flexibility index (Phi) is 29.9. The number of ether oxygens (including phenoxy) is 3. The molecule has 9 N–H and O–H groups in total. The molecule has 5 rings (SSSR count). The fourth-order valence-corrected chi connectivity index (χ4v) is 8.92. The van der Waals surface area contributed by atoms with Crippen LogP contribution < -0.4 is 11.5 Å². The Morgan fingerprint density at radius 1 is 0.506 bits per heavy atom. The number of hydrogen-bond donors (Lipinski definition) is 7. The molecule has 0 aliphatic carbocycles. The molecule has 0 saturated carbocycles. The van der Waals surface area contributed by atoms with Crippen LogP contribution in [0.2, 0.25) is 0 Å². The van der Waals surface area contributed by atoms with E-state index in [1.807, 2.05) is 60.7 Å². The van der Waals surface area contributed by atoms with E-state index in [0.717, 1.165) is 12.8 Å². The second-order valence-electron chi connectivity index (χ2n) is 23.5. The van der Waals surface area contributed by atoms with Gasteiger partial charge in [-0.15, -0.1) is 19.7 Å². The number of allylic oxidation sites excluding steroid dienone is 3. The highest BCUT2D eigenvalue weighted by molar-refractivity contribution is 5.79. The average molecular weight is 1110 g/mol. The lowest BCUT2D eigenvalue weighted by molar-refractivity contribution is -0.153. The first kappa shape index (κ1) is 70.7. The number of nitrogens with zero attached hydrogens (tertiary/aromatic N) is 3. The second-order valence-corrected chi connectivity index (χ2v) is 23.5. The van der Waals surface area contributed by atoms with Crippen LogP contribution in [-0.4, -0.2) is 158 Å². The predicted molar refractivity (Wildman–Crippen MR) is 306 cm³/mol. The van der Waals surface area contributed by atoms with Crippen LogP contribution in [0.15, 0.2) is 98.6 Å². The Labute approximate surface area is 469 Å². The highest BCUT2D eigenvalue weighted by Gasteiger charge is 2.46. The Hall–Kier alpha value is -6.28. The molecule has 2 aromatic carbocycles. The van der Waals surface area contributed by atoms with Crippen molar-refractivity contribution in [1.29, 1.82) is 0 Å². The third kappa shape index (κ3) is 26.5. The van der Waals surface area contributed by atoms with Crippen molar-refractivity contribution in [3.05, 3.63) is 110 Å². The van der Waals surface area contributed by atoms with Crippen molar-refractivity contribution >= 4 is 36.2 Å². The van der Waals surface area contributed by atoms with Crippen LogP contribution in [0.5, 0.6) is 0 Å². The lowest BCUT2D eigenvalue weighted by atomic mass is 9.77. The van der Waals surface area contributed by atoms with Gasteiger partial charge in [0, 0.05) is 51.4 Å². The highest BCUT2D eigenvalue weighted by atomic mass is 16.6. The quantitative estimate of drug-likeness (QED) is 0.0646. The van der Waals surface area contributed by atoms with Crippen molar-refractivity contribution in [1.82, 2.24) is 14.7 Å². The van der Waals surface area contributed by atoms with Gasteiger partial charge in [0.15, 0.2) is 0 Å². The van der Waals surface area contributed by atoms with Gasteiger partial charge in [-0.25, -0.2) is 14.4 Å². The van der Waals surface area contributed by atoms with Gasteiger partial charge in [-0.2, -0.15) is 0 Å². The van der Waals surface area contributed by atoms with Crippen molar-refractivity contribution in [2.45, 2.75) is 162 Å². The van der Waals surface area contributed by atoms with E-state index >= 15 is 0 Å². The predicted octanol–water partition coefficient (Wildman–Crippen LogP) is 9.09. The lowest BCUT2D eigenvalue weighted by Gasteiger charge is -2.39. The number of amides is 3. The molecular weight excluding hydrogens is 1010 g/mol. The second kappa shape index (κ2) is 33.3.